The molecule has 0 radical (unpaired) electrons. The van der Waals surface area contributed by atoms with Gasteiger partial charge < -0.3 is 20.5 Å². The fourth-order valence-electron chi connectivity index (χ4n) is 4.42. The zero-order valence-corrected chi connectivity index (χ0v) is 21.6. The molecule has 0 amide bonds. The van der Waals surface area contributed by atoms with Crippen LogP contribution in [-0.4, -0.2) is 30.7 Å². The molecule has 0 saturated carbocycles. The summed E-state index contributed by atoms with van der Waals surface area (Å²) in [5.74, 6) is 1.74. The van der Waals surface area contributed by atoms with Crippen LogP contribution < -0.4 is 20.5 Å². The van der Waals surface area contributed by atoms with E-state index < -0.39 is 4.92 Å². The maximum atomic E-state index is 12.1. The molecule has 0 atom stereocenters. The Hall–Kier alpha value is -4.33. The van der Waals surface area contributed by atoms with E-state index in [0.717, 1.165) is 39.1 Å². The van der Waals surface area contributed by atoms with Crippen molar-refractivity contribution < 1.29 is 14.4 Å². The summed E-state index contributed by atoms with van der Waals surface area (Å²) >= 11 is 0. The van der Waals surface area contributed by atoms with Gasteiger partial charge in [-0.3, -0.25) is 10.1 Å². The smallest absolute Gasteiger partial charge is 0.334 e. The largest absolute Gasteiger partial charge is 0.497 e. The van der Waals surface area contributed by atoms with Crippen LogP contribution in [0.5, 0.6) is 11.5 Å². The third-order valence-corrected chi connectivity index (χ3v) is 6.32. The first-order valence-electron chi connectivity index (χ1n) is 12.2. The number of methoxy groups -OCH3 is 2. The fourth-order valence-corrected chi connectivity index (χ4v) is 4.42. The van der Waals surface area contributed by atoms with Crippen LogP contribution in [0.15, 0.2) is 60.7 Å². The molecule has 0 aliphatic carbocycles. The summed E-state index contributed by atoms with van der Waals surface area (Å²) in [5, 5.41) is 16.2. The third-order valence-electron chi connectivity index (χ3n) is 6.32. The van der Waals surface area contributed by atoms with Gasteiger partial charge in [-0.15, -0.1) is 0 Å². The normalized spacial score (nSPS) is 11.1. The van der Waals surface area contributed by atoms with Gasteiger partial charge in [0, 0.05) is 11.9 Å². The number of benzene rings is 3. The fraction of sp³-hybridized carbons (Fsp3) is 0.276. The SMILES string of the molecule is COc1ccc(Cc2ccc3nc(N)c([N+](=O)[O-])c(NCC(C)C)c3c2Cc2ccc(OC)cc2)cc1. The predicted molar refractivity (Wildman–Crippen MR) is 148 cm³/mol. The van der Waals surface area contributed by atoms with E-state index in [1.165, 1.54) is 0 Å². The number of hydrogen-bond donors (Lipinski definition) is 2. The summed E-state index contributed by atoms with van der Waals surface area (Å²) < 4.78 is 10.6. The van der Waals surface area contributed by atoms with Crippen molar-refractivity contribution >= 4 is 28.1 Å². The molecule has 37 heavy (non-hydrogen) atoms. The number of anilines is 2. The first-order valence-corrected chi connectivity index (χ1v) is 12.2. The molecule has 4 aromatic rings. The van der Waals surface area contributed by atoms with Gasteiger partial charge in [-0.2, -0.15) is 0 Å². The Morgan fingerprint density at radius 3 is 2.00 bits per heavy atom. The van der Waals surface area contributed by atoms with Crippen LogP contribution in [0.3, 0.4) is 0 Å². The number of nitro groups is 1. The lowest BCUT2D eigenvalue weighted by atomic mass is 9.90. The number of nitrogens with zero attached hydrogens (tertiary/aromatic N) is 2. The van der Waals surface area contributed by atoms with Crippen LogP contribution in [0.4, 0.5) is 17.2 Å². The summed E-state index contributed by atoms with van der Waals surface area (Å²) in [6.07, 6.45) is 1.21. The van der Waals surface area contributed by atoms with E-state index in [2.05, 4.69) is 24.1 Å². The second kappa shape index (κ2) is 11.2. The minimum Gasteiger partial charge on any atom is -0.497 e. The van der Waals surface area contributed by atoms with Crippen molar-refractivity contribution in [2.75, 3.05) is 31.8 Å². The van der Waals surface area contributed by atoms with Gasteiger partial charge in [0.25, 0.3) is 0 Å². The average molecular weight is 501 g/mol. The van der Waals surface area contributed by atoms with E-state index >= 15 is 0 Å². The molecular formula is C29H32N4O4. The molecule has 0 fully saturated rings. The molecular weight excluding hydrogens is 468 g/mol. The first kappa shape index (κ1) is 25.8. The molecule has 0 aliphatic heterocycles. The van der Waals surface area contributed by atoms with Gasteiger partial charge >= 0.3 is 5.69 Å². The Morgan fingerprint density at radius 2 is 1.49 bits per heavy atom. The van der Waals surface area contributed by atoms with Gasteiger partial charge in [-0.1, -0.05) is 44.2 Å². The maximum Gasteiger partial charge on any atom is 0.334 e. The van der Waals surface area contributed by atoms with Crippen LogP contribution in [0.25, 0.3) is 10.9 Å². The quantitative estimate of drug-likeness (QED) is 0.203. The van der Waals surface area contributed by atoms with Crippen molar-refractivity contribution in [1.82, 2.24) is 4.98 Å². The van der Waals surface area contributed by atoms with Gasteiger partial charge in [-0.25, -0.2) is 4.98 Å². The molecule has 8 nitrogen and oxygen atoms in total. The number of nitrogens with one attached hydrogen (secondary N) is 1. The molecule has 0 unspecified atom stereocenters. The zero-order valence-electron chi connectivity index (χ0n) is 21.6. The first-order chi connectivity index (χ1) is 17.8. The topological polar surface area (TPSA) is 113 Å². The summed E-state index contributed by atoms with van der Waals surface area (Å²) in [6.45, 7) is 4.67. The van der Waals surface area contributed by atoms with Crippen molar-refractivity contribution in [3.63, 3.8) is 0 Å². The molecule has 0 aliphatic rings. The van der Waals surface area contributed by atoms with Crippen molar-refractivity contribution in [2.24, 2.45) is 5.92 Å². The number of aromatic nitrogens is 1. The highest BCUT2D eigenvalue weighted by atomic mass is 16.6. The summed E-state index contributed by atoms with van der Waals surface area (Å²) in [6, 6.07) is 19.7. The van der Waals surface area contributed by atoms with E-state index in [-0.39, 0.29) is 17.4 Å². The number of fused-ring (bicyclic) bond motifs is 1. The molecule has 0 spiro atoms. The Kier molecular flexibility index (Phi) is 7.77. The van der Waals surface area contributed by atoms with Crippen LogP contribution in [0.1, 0.15) is 36.1 Å². The monoisotopic (exact) mass is 500 g/mol. The zero-order chi connectivity index (χ0) is 26.5. The van der Waals surface area contributed by atoms with E-state index in [1.54, 1.807) is 14.2 Å². The van der Waals surface area contributed by atoms with Crippen LogP contribution >= 0.6 is 0 Å². The second-order valence-electron chi connectivity index (χ2n) is 9.40. The van der Waals surface area contributed by atoms with Crippen LogP contribution in [-0.2, 0) is 12.8 Å². The standard InChI is InChI=1S/C29H32N4O4/c1-18(2)17-31-27-26-24(16-20-7-12-23(37-4)13-8-20)21(15-19-5-10-22(36-3)11-6-19)9-14-25(26)32-29(30)28(27)33(34)35/h5-14,18H,15-17H2,1-4H3,(H3,30,31,32). The van der Waals surface area contributed by atoms with Gasteiger partial charge in [-0.05, 0) is 71.3 Å². The Labute approximate surface area is 216 Å². The molecule has 1 heterocycles. The minimum absolute atomic E-state index is 0.0953. The lowest BCUT2D eigenvalue weighted by Crippen LogP contribution is -2.13. The van der Waals surface area contributed by atoms with Gasteiger partial charge in [0.1, 0.15) is 17.2 Å². The van der Waals surface area contributed by atoms with E-state index in [9.17, 15) is 10.1 Å². The van der Waals surface area contributed by atoms with Crippen molar-refractivity contribution in [3.05, 3.63) is 93.0 Å². The molecule has 0 bridgehead atoms. The van der Waals surface area contributed by atoms with Crippen molar-refractivity contribution in [1.29, 1.82) is 0 Å². The average Bonchev–Trinajstić information content (AvgIpc) is 2.88. The number of nitrogens with two attached hydrogens (primary N) is 1. The molecule has 1 aromatic heterocycles. The predicted octanol–water partition coefficient (Wildman–Crippen LogP) is 5.99. The molecule has 8 heteroatoms. The Balaban J connectivity index is 1.94. The van der Waals surface area contributed by atoms with E-state index in [1.807, 2.05) is 60.7 Å². The minimum atomic E-state index is -0.447. The molecule has 192 valence electrons. The summed E-state index contributed by atoms with van der Waals surface area (Å²) in [7, 11) is 3.27. The molecule has 3 aromatic carbocycles. The van der Waals surface area contributed by atoms with E-state index in [0.29, 0.717) is 30.6 Å². The van der Waals surface area contributed by atoms with Crippen molar-refractivity contribution in [3.8, 4) is 11.5 Å². The lowest BCUT2D eigenvalue weighted by Gasteiger charge is -2.19. The highest BCUT2D eigenvalue weighted by molar-refractivity contribution is 6.02. The van der Waals surface area contributed by atoms with Gasteiger partial charge in [0.05, 0.1) is 24.7 Å². The maximum absolute atomic E-state index is 12.1. The number of nitrogen functional groups attached to an aromatic ring is 1. The van der Waals surface area contributed by atoms with Crippen LogP contribution in [0, 0.1) is 16.0 Å². The second-order valence-corrected chi connectivity index (χ2v) is 9.40. The number of rotatable bonds is 10. The number of hydrogen-bond acceptors (Lipinski definition) is 7. The summed E-state index contributed by atoms with van der Waals surface area (Å²) in [5.41, 5.74) is 11.1. The van der Waals surface area contributed by atoms with Crippen molar-refractivity contribution in [2.45, 2.75) is 26.7 Å². The number of pyridine rings is 1. The molecule has 4 rings (SSSR count). The van der Waals surface area contributed by atoms with Gasteiger partial charge in [0.15, 0.2) is 0 Å². The highest BCUT2D eigenvalue weighted by Gasteiger charge is 2.26. The highest BCUT2D eigenvalue weighted by Crippen LogP contribution is 2.40. The third kappa shape index (κ3) is 5.74. The molecule has 0 saturated heterocycles. The van der Waals surface area contributed by atoms with Crippen LogP contribution in [0.2, 0.25) is 0 Å². The number of ether oxygens (including phenoxy) is 2. The Bertz CT molecular complexity index is 1400. The summed E-state index contributed by atoms with van der Waals surface area (Å²) in [4.78, 5) is 16.1. The lowest BCUT2D eigenvalue weighted by molar-refractivity contribution is -0.383. The van der Waals surface area contributed by atoms with Gasteiger partial charge in [0.2, 0.25) is 5.82 Å². The van der Waals surface area contributed by atoms with E-state index in [4.69, 9.17) is 15.2 Å². The Morgan fingerprint density at radius 1 is 0.919 bits per heavy atom. The molecule has 3 N–H and O–H groups in total.